The Morgan fingerprint density at radius 3 is 2.81 bits per heavy atom. The molecule has 2 heterocycles. The van der Waals surface area contributed by atoms with Gasteiger partial charge >= 0.3 is 0 Å². The maximum absolute atomic E-state index is 12.7. The predicted octanol–water partition coefficient (Wildman–Crippen LogP) is 2.42. The number of nitrogens with one attached hydrogen (secondary N) is 3. The molecule has 0 fully saturated rings. The van der Waals surface area contributed by atoms with Crippen molar-refractivity contribution < 1.29 is 9.59 Å². The van der Waals surface area contributed by atoms with E-state index >= 15 is 0 Å². The average molecular weight is 370 g/mol. The Kier molecular flexibility index (Phi) is 5.22. The molecule has 1 aliphatic heterocycles. The molecule has 7 nitrogen and oxygen atoms in total. The van der Waals surface area contributed by atoms with Crippen molar-refractivity contribution in [3.63, 3.8) is 0 Å². The highest BCUT2D eigenvalue weighted by Crippen LogP contribution is 2.30. The van der Waals surface area contributed by atoms with Crippen molar-refractivity contribution in [2.45, 2.75) is 24.4 Å². The van der Waals surface area contributed by atoms with E-state index in [1.165, 1.54) is 11.8 Å². The zero-order valence-corrected chi connectivity index (χ0v) is 15.0. The van der Waals surface area contributed by atoms with Crippen molar-refractivity contribution in [1.82, 2.24) is 9.97 Å². The van der Waals surface area contributed by atoms with Gasteiger partial charge in [0.15, 0.2) is 5.16 Å². The number of aromatic amines is 1. The van der Waals surface area contributed by atoms with E-state index < -0.39 is 17.4 Å². The van der Waals surface area contributed by atoms with Gasteiger partial charge in [-0.1, -0.05) is 35.5 Å². The van der Waals surface area contributed by atoms with Crippen LogP contribution in [0.1, 0.15) is 23.5 Å². The topological polar surface area (TPSA) is 104 Å². The van der Waals surface area contributed by atoms with E-state index in [0.717, 1.165) is 5.56 Å². The Balaban J connectivity index is 1.91. The van der Waals surface area contributed by atoms with Gasteiger partial charge in [-0.3, -0.25) is 14.4 Å². The van der Waals surface area contributed by atoms with E-state index in [-0.39, 0.29) is 23.7 Å². The summed E-state index contributed by atoms with van der Waals surface area (Å²) in [6, 6.07) is 7.28. The molecule has 134 valence electrons. The SMILES string of the molecule is C=CCSc1nc2c(c(=O)[nH]1)[C@H](C(=O)Nc1ccc(C)cc1)CC(=O)N2. The van der Waals surface area contributed by atoms with Gasteiger partial charge in [0, 0.05) is 17.9 Å². The van der Waals surface area contributed by atoms with Crippen LogP contribution in [0.15, 0.2) is 46.9 Å². The molecule has 0 saturated heterocycles. The van der Waals surface area contributed by atoms with Crippen LogP contribution >= 0.6 is 11.8 Å². The Morgan fingerprint density at radius 2 is 2.12 bits per heavy atom. The van der Waals surface area contributed by atoms with Crippen LogP contribution < -0.4 is 16.2 Å². The Morgan fingerprint density at radius 1 is 1.38 bits per heavy atom. The first-order valence-corrected chi connectivity index (χ1v) is 9.01. The maximum atomic E-state index is 12.7. The molecule has 0 spiro atoms. The van der Waals surface area contributed by atoms with Crippen molar-refractivity contribution in [1.29, 1.82) is 0 Å². The summed E-state index contributed by atoms with van der Waals surface area (Å²) in [5, 5.41) is 5.71. The van der Waals surface area contributed by atoms with E-state index in [1.807, 2.05) is 19.1 Å². The van der Waals surface area contributed by atoms with E-state index in [4.69, 9.17) is 0 Å². The Bertz CT molecular complexity index is 921. The minimum absolute atomic E-state index is 0.103. The number of hydrogen-bond acceptors (Lipinski definition) is 5. The van der Waals surface area contributed by atoms with Gasteiger partial charge in [0.2, 0.25) is 11.8 Å². The van der Waals surface area contributed by atoms with Crippen molar-refractivity contribution in [2.24, 2.45) is 0 Å². The molecule has 1 aliphatic rings. The fourth-order valence-electron chi connectivity index (χ4n) is 2.65. The minimum atomic E-state index is -0.894. The quantitative estimate of drug-likeness (QED) is 0.426. The number of carbonyl (C=O) groups excluding carboxylic acids is 2. The number of amides is 2. The average Bonchev–Trinajstić information content (AvgIpc) is 2.60. The summed E-state index contributed by atoms with van der Waals surface area (Å²) in [6.07, 6.45) is 1.58. The second-order valence-electron chi connectivity index (χ2n) is 5.89. The molecule has 0 saturated carbocycles. The lowest BCUT2D eigenvalue weighted by Crippen LogP contribution is -2.36. The van der Waals surface area contributed by atoms with Gasteiger partial charge in [0.25, 0.3) is 5.56 Å². The van der Waals surface area contributed by atoms with Gasteiger partial charge in [-0.15, -0.1) is 6.58 Å². The summed E-state index contributed by atoms with van der Waals surface area (Å²) in [4.78, 5) is 44.1. The van der Waals surface area contributed by atoms with Gasteiger partial charge < -0.3 is 15.6 Å². The number of nitrogens with zero attached hydrogens (tertiary/aromatic N) is 1. The monoisotopic (exact) mass is 370 g/mol. The third-order valence-corrected chi connectivity index (χ3v) is 4.77. The van der Waals surface area contributed by atoms with Gasteiger partial charge in [-0.05, 0) is 19.1 Å². The lowest BCUT2D eigenvalue weighted by atomic mass is 9.92. The van der Waals surface area contributed by atoms with Gasteiger partial charge in [-0.25, -0.2) is 4.98 Å². The summed E-state index contributed by atoms with van der Waals surface area (Å²) in [5.41, 5.74) is 1.43. The van der Waals surface area contributed by atoms with Crippen LogP contribution in [-0.4, -0.2) is 27.5 Å². The van der Waals surface area contributed by atoms with Gasteiger partial charge in [0.05, 0.1) is 11.5 Å². The van der Waals surface area contributed by atoms with Crippen LogP contribution in [0.2, 0.25) is 0 Å². The molecule has 0 aliphatic carbocycles. The van der Waals surface area contributed by atoms with E-state index in [1.54, 1.807) is 18.2 Å². The number of benzene rings is 1. The van der Waals surface area contributed by atoms with Crippen LogP contribution in [0.25, 0.3) is 0 Å². The molecule has 2 aromatic rings. The molecule has 0 bridgehead atoms. The number of anilines is 2. The first kappa shape index (κ1) is 17.9. The first-order valence-electron chi connectivity index (χ1n) is 8.03. The second-order valence-corrected chi connectivity index (χ2v) is 6.90. The van der Waals surface area contributed by atoms with Crippen molar-refractivity contribution in [2.75, 3.05) is 16.4 Å². The molecular formula is C18H18N4O3S. The summed E-state index contributed by atoms with van der Waals surface area (Å²) in [5.74, 6) is -0.953. The number of thioether (sulfide) groups is 1. The normalized spacial score (nSPS) is 15.7. The van der Waals surface area contributed by atoms with E-state index in [0.29, 0.717) is 16.6 Å². The molecule has 3 N–H and O–H groups in total. The summed E-state index contributed by atoms with van der Waals surface area (Å²) < 4.78 is 0. The number of fused-ring (bicyclic) bond motifs is 1. The highest BCUT2D eigenvalue weighted by atomic mass is 32.2. The Hall–Kier alpha value is -2.87. The molecule has 0 unspecified atom stereocenters. The number of H-pyrrole nitrogens is 1. The van der Waals surface area contributed by atoms with Crippen LogP contribution in [0.3, 0.4) is 0 Å². The third kappa shape index (κ3) is 3.85. The van der Waals surface area contributed by atoms with Crippen LogP contribution in [0.4, 0.5) is 11.5 Å². The minimum Gasteiger partial charge on any atom is -0.326 e. The molecule has 3 rings (SSSR count). The summed E-state index contributed by atoms with van der Waals surface area (Å²) >= 11 is 1.29. The van der Waals surface area contributed by atoms with Crippen molar-refractivity contribution in [3.05, 3.63) is 58.4 Å². The first-order chi connectivity index (χ1) is 12.5. The van der Waals surface area contributed by atoms with Crippen molar-refractivity contribution in [3.8, 4) is 0 Å². The highest BCUT2D eigenvalue weighted by molar-refractivity contribution is 7.99. The molecule has 26 heavy (non-hydrogen) atoms. The zero-order chi connectivity index (χ0) is 18.7. The van der Waals surface area contributed by atoms with E-state index in [9.17, 15) is 14.4 Å². The molecule has 2 amide bonds. The van der Waals surface area contributed by atoms with E-state index in [2.05, 4.69) is 27.2 Å². The molecule has 1 aromatic heterocycles. The van der Waals surface area contributed by atoms with Gasteiger partial charge in [-0.2, -0.15) is 0 Å². The van der Waals surface area contributed by atoms with Crippen LogP contribution in [-0.2, 0) is 9.59 Å². The molecule has 1 atom stereocenters. The number of aromatic nitrogens is 2. The number of hydrogen-bond donors (Lipinski definition) is 3. The molecule has 8 heteroatoms. The van der Waals surface area contributed by atoms with Crippen molar-refractivity contribution >= 4 is 35.1 Å². The highest BCUT2D eigenvalue weighted by Gasteiger charge is 2.34. The fourth-order valence-corrected chi connectivity index (χ4v) is 3.24. The van der Waals surface area contributed by atoms with Crippen LogP contribution in [0.5, 0.6) is 0 Å². The summed E-state index contributed by atoms with van der Waals surface area (Å²) in [7, 11) is 0. The maximum Gasteiger partial charge on any atom is 0.257 e. The van der Waals surface area contributed by atoms with Gasteiger partial charge in [0.1, 0.15) is 5.82 Å². The predicted molar refractivity (Wildman–Crippen MR) is 102 cm³/mol. The number of carbonyl (C=O) groups is 2. The zero-order valence-electron chi connectivity index (χ0n) is 14.2. The number of rotatable bonds is 5. The lowest BCUT2D eigenvalue weighted by Gasteiger charge is -2.23. The largest absolute Gasteiger partial charge is 0.326 e. The molecule has 1 aromatic carbocycles. The fraction of sp³-hybridized carbons (Fsp3) is 0.222. The second kappa shape index (κ2) is 7.57. The molecular weight excluding hydrogens is 352 g/mol. The number of aryl methyl sites for hydroxylation is 1. The smallest absolute Gasteiger partial charge is 0.257 e. The Labute approximate surface area is 154 Å². The lowest BCUT2D eigenvalue weighted by molar-refractivity contribution is -0.123. The standard InChI is InChI=1S/C18H18N4O3S/c1-3-8-26-18-21-15-14(17(25)22-18)12(9-13(23)20-15)16(24)19-11-6-4-10(2)5-7-11/h3-7,12H,1,8-9H2,2H3,(H,19,24)(H2,20,21,22,23,25)/t12-/m1/s1. The summed E-state index contributed by atoms with van der Waals surface area (Å²) in [6.45, 7) is 5.56. The molecule has 0 radical (unpaired) electrons. The third-order valence-electron chi connectivity index (χ3n) is 3.90. The van der Waals surface area contributed by atoms with Crippen LogP contribution in [0, 0.1) is 6.92 Å².